The molecule has 0 atom stereocenters. The van der Waals surface area contributed by atoms with Gasteiger partial charge in [0.2, 0.25) is 0 Å². The van der Waals surface area contributed by atoms with Crippen LogP contribution in [0.4, 0.5) is 0 Å². The van der Waals surface area contributed by atoms with Crippen LogP contribution in [-0.2, 0) is 27.3 Å². The third kappa shape index (κ3) is 77.2. The predicted octanol–water partition coefficient (Wildman–Crippen LogP) is -0.664. The van der Waals surface area contributed by atoms with Crippen LogP contribution in [0.3, 0.4) is 0 Å². The molecule has 36 valence electrons. The predicted molar refractivity (Wildman–Crippen MR) is 11.5 cm³/mol. The Bertz CT molecular complexity index is 90.1. The molecule has 0 aliphatic heterocycles. The molecule has 0 aromatic heterocycles. The molecule has 0 radical (unpaired) electrons. The van der Waals surface area contributed by atoms with Crippen LogP contribution >= 0.6 is 0 Å². The fourth-order valence-corrected chi connectivity index (χ4v) is 0. The van der Waals surface area contributed by atoms with E-state index in [1.165, 1.54) is 0 Å². The Hall–Kier alpha value is 0.650. The number of rotatable bonds is 0. The van der Waals surface area contributed by atoms with Gasteiger partial charge in [0.1, 0.15) is 0 Å². The Balaban J connectivity index is 4.06. The first-order valence-corrected chi connectivity index (χ1v) is 3.73. The molecule has 0 amide bonds. The van der Waals surface area contributed by atoms with Crippen molar-refractivity contribution in [3.63, 3.8) is 0 Å². The third-order valence-corrected chi connectivity index (χ3v) is 0. The van der Waals surface area contributed by atoms with Gasteiger partial charge < -0.3 is 0 Å². The van der Waals surface area contributed by atoms with Crippen molar-refractivity contribution in [2.45, 2.75) is 0 Å². The van der Waals surface area contributed by atoms with Gasteiger partial charge in [-0.2, -0.15) is 0 Å². The molecule has 5 heteroatoms. The molecule has 0 unspecified atom stereocenters. The molecule has 0 heterocycles. The van der Waals surface area contributed by atoms with Crippen molar-refractivity contribution >= 4 is 7.58 Å². The van der Waals surface area contributed by atoms with Gasteiger partial charge in [-0.1, -0.05) is 0 Å². The fraction of sp³-hybridized carbons (Fsp3) is 0. The molecule has 3 nitrogen and oxygen atoms in total. The number of hydrogen-bond acceptors (Lipinski definition) is 2. The van der Waals surface area contributed by atoms with Crippen LogP contribution in [0.1, 0.15) is 0 Å². The minimum atomic E-state index is -3.86. The SMILES string of the molecule is O=[S](=O)(O)[Ag]. The molecule has 0 saturated carbocycles. The standard InChI is InChI=1S/Ag.HO3S/c;1-4(2)3/h;(H,1,2,3). The molecule has 0 aromatic carbocycles. The van der Waals surface area contributed by atoms with Gasteiger partial charge in [-0.25, -0.2) is 0 Å². The summed E-state index contributed by atoms with van der Waals surface area (Å²) in [6, 6.07) is 0. The minimum absolute atomic E-state index is 1.92. The molecule has 0 spiro atoms. The summed E-state index contributed by atoms with van der Waals surface area (Å²) >= 11 is 1.92. The van der Waals surface area contributed by atoms with Crippen LogP contribution in [0.2, 0.25) is 0 Å². The topological polar surface area (TPSA) is 54.4 Å². The second kappa shape index (κ2) is 1.40. The quantitative estimate of drug-likeness (QED) is 0.406. The average Bonchev–Trinajstić information content (AvgIpc) is 0.722. The molecule has 5 heavy (non-hydrogen) atoms. The first-order valence-electron chi connectivity index (χ1n) is 0.639. The summed E-state index contributed by atoms with van der Waals surface area (Å²) in [6.45, 7) is 0. The molecule has 0 saturated heterocycles. The molecule has 1 N–H and O–H groups in total. The van der Waals surface area contributed by atoms with E-state index in [1.54, 1.807) is 0 Å². The Kier molecular flexibility index (Phi) is 1.58. The molecule has 0 aromatic rings. The van der Waals surface area contributed by atoms with E-state index in [0.717, 1.165) is 0 Å². The van der Waals surface area contributed by atoms with Crippen LogP contribution in [0, 0.1) is 0 Å². The Morgan fingerprint density at radius 3 is 1.60 bits per heavy atom. The summed E-state index contributed by atoms with van der Waals surface area (Å²) < 4.78 is 25.6. The van der Waals surface area contributed by atoms with Gasteiger partial charge in [-0.05, 0) is 0 Å². The zero-order valence-corrected chi connectivity index (χ0v) is 4.27. The van der Waals surface area contributed by atoms with Crippen LogP contribution < -0.4 is 0 Å². The van der Waals surface area contributed by atoms with Gasteiger partial charge >= 0.3 is 40.3 Å². The normalized spacial score (nSPS) is 11.8. The summed E-state index contributed by atoms with van der Waals surface area (Å²) in [4.78, 5) is 0. The fourth-order valence-electron chi connectivity index (χ4n) is 0. The van der Waals surface area contributed by atoms with Gasteiger partial charge in [0.05, 0.1) is 0 Å². The Labute approximate surface area is 40.6 Å². The van der Waals surface area contributed by atoms with E-state index in [-0.39, 0.29) is 0 Å². The second-order valence-corrected chi connectivity index (χ2v) is 3.41. The van der Waals surface area contributed by atoms with E-state index >= 15 is 0 Å². The van der Waals surface area contributed by atoms with E-state index in [4.69, 9.17) is 13.0 Å². The average molecular weight is 189 g/mol. The maximum absolute atomic E-state index is 9.10. The van der Waals surface area contributed by atoms with Crippen molar-refractivity contribution in [1.29, 1.82) is 0 Å². The van der Waals surface area contributed by atoms with E-state index in [9.17, 15) is 0 Å². The molecular weight excluding hydrogens is 188 g/mol. The van der Waals surface area contributed by atoms with Crippen LogP contribution in [-0.4, -0.2) is 13.0 Å². The van der Waals surface area contributed by atoms with Crippen molar-refractivity contribution in [2.75, 3.05) is 0 Å². The van der Waals surface area contributed by atoms with Gasteiger partial charge in [-0.15, -0.1) is 0 Å². The molecule has 0 aliphatic carbocycles. The summed E-state index contributed by atoms with van der Waals surface area (Å²) in [7, 11) is -3.86. The van der Waals surface area contributed by atoms with Gasteiger partial charge in [0.15, 0.2) is 0 Å². The van der Waals surface area contributed by atoms with E-state index < -0.39 is 7.58 Å². The van der Waals surface area contributed by atoms with Crippen molar-refractivity contribution in [2.24, 2.45) is 0 Å². The molecule has 0 fully saturated rings. The first-order chi connectivity index (χ1) is 2.00. The van der Waals surface area contributed by atoms with Crippen LogP contribution in [0.15, 0.2) is 0 Å². The van der Waals surface area contributed by atoms with Crippen molar-refractivity contribution in [3.05, 3.63) is 0 Å². The number of hydrogen-bond donors (Lipinski definition) is 1. The summed E-state index contributed by atoms with van der Waals surface area (Å²) in [5.74, 6) is 0. The van der Waals surface area contributed by atoms with E-state index in [2.05, 4.69) is 0 Å². The maximum atomic E-state index is 9.10. The monoisotopic (exact) mass is 188 g/mol. The summed E-state index contributed by atoms with van der Waals surface area (Å²) in [5, 5.41) is 0. The molecular formula is HAgO3S. The third-order valence-electron chi connectivity index (χ3n) is 0. The molecule has 0 aliphatic rings. The Morgan fingerprint density at radius 1 is 1.60 bits per heavy atom. The van der Waals surface area contributed by atoms with E-state index in [1.807, 2.05) is 19.7 Å². The van der Waals surface area contributed by atoms with Gasteiger partial charge in [0, 0.05) is 0 Å². The Morgan fingerprint density at radius 2 is 1.60 bits per heavy atom. The van der Waals surface area contributed by atoms with Gasteiger partial charge in [-0.3, -0.25) is 0 Å². The molecule has 0 bridgehead atoms. The second-order valence-electron chi connectivity index (χ2n) is 0.373. The first kappa shape index (κ1) is 5.65. The van der Waals surface area contributed by atoms with E-state index in [0.29, 0.717) is 0 Å². The zero-order chi connectivity index (χ0) is 4.50. The van der Waals surface area contributed by atoms with Crippen molar-refractivity contribution in [1.82, 2.24) is 0 Å². The molecule has 0 rings (SSSR count). The van der Waals surface area contributed by atoms with Crippen LogP contribution in [0.5, 0.6) is 0 Å². The summed E-state index contributed by atoms with van der Waals surface area (Å²) in [5.41, 5.74) is 0. The van der Waals surface area contributed by atoms with Crippen molar-refractivity contribution < 1.29 is 32.7 Å². The van der Waals surface area contributed by atoms with Gasteiger partial charge in [0.25, 0.3) is 0 Å². The summed E-state index contributed by atoms with van der Waals surface area (Å²) in [6.07, 6.45) is 0. The van der Waals surface area contributed by atoms with Crippen molar-refractivity contribution in [3.8, 4) is 0 Å². The van der Waals surface area contributed by atoms with Crippen LogP contribution in [0.25, 0.3) is 0 Å². The zero-order valence-electron chi connectivity index (χ0n) is 1.97.